The van der Waals surface area contributed by atoms with Crippen molar-refractivity contribution in [3.8, 4) is 5.75 Å². The van der Waals surface area contributed by atoms with Gasteiger partial charge < -0.3 is 4.74 Å². The number of hydrogen-bond acceptors (Lipinski definition) is 4. The molecule has 1 aliphatic rings. The SMILES string of the molecule is C[C@@H](NS(=O)(=O)N(C)C1CCCCC1)c1ccc(OCc2cccnc2)cc1. The molecule has 0 unspecified atom stereocenters. The van der Waals surface area contributed by atoms with Gasteiger partial charge in [-0.1, -0.05) is 37.5 Å². The molecule has 2 aromatic rings. The zero-order chi connectivity index (χ0) is 20.0. The van der Waals surface area contributed by atoms with Gasteiger partial charge in [0.05, 0.1) is 0 Å². The molecule has 1 aromatic heterocycles. The Morgan fingerprint density at radius 2 is 1.89 bits per heavy atom. The van der Waals surface area contributed by atoms with Crippen LogP contribution in [-0.4, -0.2) is 30.8 Å². The number of nitrogens with zero attached hydrogens (tertiary/aromatic N) is 2. The van der Waals surface area contributed by atoms with Gasteiger partial charge in [0.2, 0.25) is 0 Å². The standard InChI is InChI=1S/C21H29N3O3S/c1-17(23-28(25,26)24(2)20-8-4-3-5-9-20)19-10-12-21(13-11-19)27-16-18-7-6-14-22-15-18/h6-7,10-15,17,20,23H,3-5,8-9,16H2,1-2H3/t17-/m1/s1. The third-order valence-corrected chi connectivity index (χ3v) is 7.01. The Morgan fingerprint density at radius 1 is 1.18 bits per heavy atom. The van der Waals surface area contributed by atoms with Gasteiger partial charge in [0.25, 0.3) is 10.2 Å². The van der Waals surface area contributed by atoms with Crippen LogP contribution in [0.3, 0.4) is 0 Å². The number of benzene rings is 1. The number of aromatic nitrogens is 1. The fourth-order valence-corrected chi connectivity index (χ4v) is 4.87. The largest absolute Gasteiger partial charge is 0.489 e. The first kappa shape index (κ1) is 20.8. The maximum Gasteiger partial charge on any atom is 0.279 e. The van der Waals surface area contributed by atoms with Crippen LogP contribution < -0.4 is 9.46 Å². The summed E-state index contributed by atoms with van der Waals surface area (Å²) < 4.78 is 35.5. The molecule has 1 heterocycles. The molecule has 1 aromatic carbocycles. The molecule has 0 radical (unpaired) electrons. The minimum Gasteiger partial charge on any atom is -0.489 e. The highest BCUT2D eigenvalue weighted by Crippen LogP contribution is 2.24. The fourth-order valence-electron chi connectivity index (χ4n) is 3.52. The van der Waals surface area contributed by atoms with Gasteiger partial charge in [0, 0.05) is 37.1 Å². The van der Waals surface area contributed by atoms with E-state index in [1.165, 1.54) is 10.7 Å². The lowest BCUT2D eigenvalue weighted by atomic mass is 9.96. The second kappa shape index (κ2) is 9.49. The molecule has 1 N–H and O–H groups in total. The predicted molar refractivity (Wildman–Crippen MR) is 110 cm³/mol. The lowest BCUT2D eigenvalue weighted by Gasteiger charge is -2.31. The quantitative estimate of drug-likeness (QED) is 0.727. The van der Waals surface area contributed by atoms with E-state index in [2.05, 4.69) is 9.71 Å². The summed E-state index contributed by atoms with van der Waals surface area (Å²) in [5.74, 6) is 0.738. The molecule has 1 saturated carbocycles. The number of hydrogen-bond donors (Lipinski definition) is 1. The van der Waals surface area contributed by atoms with Crippen molar-refractivity contribution in [1.29, 1.82) is 0 Å². The highest BCUT2D eigenvalue weighted by atomic mass is 32.2. The Bertz CT molecular complexity index is 835. The number of pyridine rings is 1. The van der Waals surface area contributed by atoms with Crippen molar-refractivity contribution in [2.24, 2.45) is 0 Å². The van der Waals surface area contributed by atoms with E-state index in [9.17, 15) is 8.42 Å². The molecule has 0 saturated heterocycles. The third kappa shape index (κ3) is 5.53. The van der Waals surface area contributed by atoms with Crippen molar-refractivity contribution in [3.63, 3.8) is 0 Å². The van der Waals surface area contributed by atoms with Crippen LogP contribution in [-0.2, 0) is 16.8 Å². The smallest absolute Gasteiger partial charge is 0.279 e. The van der Waals surface area contributed by atoms with Crippen LogP contribution in [0.1, 0.15) is 56.2 Å². The monoisotopic (exact) mass is 403 g/mol. The van der Waals surface area contributed by atoms with E-state index >= 15 is 0 Å². The molecule has 6 nitrogen and oxygen atoms in total. The van der Waals surface area contributed by atoms with E-state index in [1.54, 1.807) is 19.4 Å². The van der Waals surface area contributed by atoms with Crippen molar-refractivity contribution >= 4 is 10.2 Å². The van der Waals surface area contributed by atoms with E-state index in [4.69, 9.17) is 4.74 Å². The molecule has 1 fully saturated rings. The van der Waals surface area contributed by atoms with Crippen molar-refractivity contribution in [2.75, 3.05) is 7.05 Å². The van der Waals surface area contributed by atoms with Gasteiger partial charge in [0.1, 0.15) is 12.4 Å². The predicted octanol–water partition coefficient (Wildman–Crippen LogP) is 3.82. The molecular formula is C21H29N3O3S. The Kier molecular flexibility index (Phi) is 7.04. The van der Waals surface area contributed by atoms with Crippen LogP contribution in [0.4, 0.5) is 0 Å². The molecule has 0 amide bonds. The van der Waals surface area contributed by atoms with E-state index in [-0.39, 0.29) is 12.1 Å². The molecule has 0 aliphatic heterocycles. The maximum absolute atomic E-state index is 12.7. The number of nitrogens with one attached hydrogen (secondary N) is 1. The van der Waals surface area contributed by atoms with Crippen molar-refractivity contribution < 1.29 is 13.2 Å². The average molecular weight is 404 g/mol. The second-order valence-corrected chi connectivity index (χ2v) is 9.13. The zero-order valence-electron chi connectivity index (χ0n) is 16.5. The lowest BCUT2D eigenvalue weighted by molar-refractivity contribution is 0.281. The minimum atomic E-state index is -3.52. The van der Waals surface area contributed by atoms with E-state index in [1.807, 2.05) is 43.3 Å². The van der Waals surface area contributed by atoms with Crippen molar-refractivity contribution in [1.82, 2.24) is 14.0 Å². The molecular weight excluding hydrogens is 374 g/mol. The summed E-state index contributed by atoms with van der Waals surface area (Å²) in [7, 11) is -1.84. The van der Waals surface area contributed by atoms with E-state index in [0.717, 1.165) is 42.6 Å². The number of rotatable bonds is 8. The normalized spacial score (nSPS) is 16.8. The van der Waals surface area contributed by atoms with Gasteiger partial charge >= 0.3 is 0 Å². The van der Waals surface area contributed by atoms with Crippen LogP contribution in [0.5, 0.6) is 5.75 Å². The van der Waals surface area contributed by atoms with Crippen LogP contribution in [0.2, 0.25) is 0 Å². The van der Waals surface area contributed by atoms with Gasteiger partial charge in [-0.3, -0.25) is 4.98 Å². The Morgan fingerprint density at radius 3 is 2.54 bits per heavy atom. The fraction of sp³-hybridized carbons (Fsp3) is 0.476. The Labute approximate surface area is 168 Å². The molecule has 152 valence electrons. The average Bonchev–Trinajstić information content (AvgIpc) is 2.73. The third-order valence-electron chi connectivity index (χ3n) is 5.30. The summed E-state index contributed by atoms with van der Waals surface area (Å²) >= 11 is 0. The first-order valence-electron chi connectivity index (χ1n) is 9.82. The maximum atomic E-state index is 12.7. The van der Waals surface area contributed by atoms with Crippen LogP contribution in [0.15, 0.2) is 48.8 Å². The highest BCUT2D eigenvalue weighted by molar-refractivity contribution is 7.87. The molecule has 7 heteroatoms. The van der Waals surface area contributed by atoms with Gasteiger partial charge in [-0.15, -0.1) is 0 Å². The zero-order valence-corrected chi connectivity index (χ0v) is 17.4. The first-order valence-corrected chi connectivity index (χ1v) is 11.3. The van der Waals surface area contributed by atoms with Crippen molar-refractivity contribution in [3.05, 3.63) is 59.9 Å². The molecule has 0 spiro atoms. The first-order chi connectivity index (χ1) is 13.5. The van der Waals surface area contributed by atoms with E-state index < -0.39 is 10.2 Å². The minimum absolute atomic E-state index is 0.0988. The molecule has 1 atom stereocenters. The van der Waals surface area contributed by atoms with E-state index in [0.29, 0.717) is 6.61 Å². The summed E-state index contributed by atoms with van der Waals surface area (Å²) in [6.07, 6.45) is 8.77. The Hall–Kier alpha value is -1.96. The summed E-state index contributed by atoms with van der Waals surface area (Å²) in [5.41, 5.74) is 1.90. The summed E-state index contributed by atoms with van der Waals surface area (Å²) in [6, 6.07) is 11.1. The van der Waals surface area contributed by atoms with Crippen LogP contribution in [0, 0.1) is 0 Å². The van der Waals surface area contributed by atoms with Gasteiger partial charge in [-0.05, 0) is 43.5 Å². The van der Waals surface area contributed by atoms with Crippen LogP contribution >= 0.6 is 0 Å². The molecule has 3 rings (SSSR count). The van der Waals surface area contributed by atoms with Crippen molar-refractivity contribution in [2.45, 2.75) is 57.7 Å². The highest BCUT2D eigenvalue weighted by Gasteiger charge is 2.28. The van der Waals surface area contributed by atoms with Gasteiger partial charge in [0.15, 0.2) is 0 Å². The summed E-state index contributed by atoms with van der Waals surface area (Å²) in [6.45, 7) is 2.30. The summed E-state index contributed by atoms with van der Waals surface area (Å²) in [4.78, 5) is 4.07. The second-order valence-electron chi connectivity index (χ2n) is 7.37. The lowest BCUT2D eigenvalue weighted by Crippen LogP contribution is -2.45. The molecule has 28 heavy (non-hydrogen) atoms. The Balaban J connectivity index is 1.56. The molecule has 1 aliphatic carbocycles. The van der Waals surface area contributed by atoms with Gasteiger partial charge in [-0.25, -0.2) is 0 Å². The number of ether oxygens (including phenoxy) is 1. The van der Waals surface area contributed by atoms with Gasteiger partial charge in [-0.2, -0.15) is 17.4 Å². The molecule has 0 bridgehead atoms. The summed E-state index contributed by atoms with van der Waals surface area (Å²) in [5, 5.41) is 0. The topological polar surface area (TPSA) is 71.5 Å². The van der Waals surface area contributed by atoms with Crippen LogP contribution in [0.25, 0.3) is 0 Å².